The van der Waals surface area contributed by atoms with Gasteiger partial charge in [0.15, 0.2) is 5.79 Å². The van der Waals surface area contributed by atoms with Gasteiger partial charge in [-0.15, -0.1) is 0 Å². The number of hydrogen-bond donors (Lipinski definition) is 3. The Balaban J connectivity index is 1.78. The van der Waals surface area contributed by atoms with Crippen LogP contribution in [-0.4, -0.2) is 28.2 Å². The fourth-order valence-electron chi connectivity index (χ4n) is 6.04. The first-order valence-corrected chi connectivity index (χ1v) is 8.94. The van der Waals surface area contributed by atoms with Gasteiger partial charge in [0.1, 0.15) is 6.17 Å². The van der Waals surface area contributed by atoms with Crippen molar-refractivity contribution in [2.24, 2.45) is 28.4 Å². The van der Waals surface area contributed by atoms with E-state index < -0.39 is 12.0 Å². The highest BCUT2D eigenvalue weighted by Crippen LogP contribution is 2.62. The van der Waals surface area contributed by atoms with Crippen molar-refractivity contribution in [3.63, 3.8) is 0 Å². The molecule has 1 unspecified atom stereocenters. The van der Waals surface area contributed by atoms with Gasteiger partial charge in [-0.1, -0.05) is 31.1 Å². The van der Waals surface area contributed by atoms with Crippen molar-refractivity contribution in [1.29, 1.82) is 0 Å². The molecule has 4 N–H and O–H groups in total. The van der Waals surface area contributed by atoms with Crippen LogP contribution in [0, 0.1) is 22.7 Å². The molecule has 3 nitrogen and oxygen atoms in total. The quantitative estimate of drug-likeness (QED) is 0.475. The molecular weight excluding hydrogens is 293 g/mol. The summed E-state index contributed by atoms with van der Waals surface area (Å²) in [6.45, 7) is 4.39. The van der Waals surface area contributed by atoms with E-state index in [0.29, 0.717) is 12.8 Å². The van der Waals surface area contributed by atoms with Gasteiger partial charge in [-0.05, 0) is 55.4 Å². The van der Waals surface area contributed by atoms with E-state index in [9.17, 15) is 14.6 Å². The van der Waals surface area contributed by atoms with Gasteiger partial charge in [-0.25, -0.2) is 4.39 Å². The van der Waals surface area contributed by atoms with Crippen LogP contribution in [0.25, 0.3) is 0 Å². The second-order valence-electron chi connectivity index (χ2n) is 8.77. The normalized spacial score (nSPS) is 51.2. The van der Waals surface area contributed by atoms with E-state index in [4.69, 9.17) is 5.73 Å². The summed E-state index contributed by atoms with van der Waals surface area (Å²) >= 11 is 0. The number of alkyl halides is 1. The second kappa shape index (κ2) is 4.68. The molecule has 6 atom stereocenters. The zero-order chi connectivity index (χ0) is 16.6. The molecule has 1 fully saturated rings. The minimum absolute atomic E-state index is 0.109. The molecule has 1 saturated carbocycles. The first-order valence-electron chi connectivity index (χ1n) is 8.94. The van der Waals surface area contributed by atoms with Gasteiger partial charge >= 0.3 is 0 Å². The molecule has 23 heavy (non-hydrogen) atoms. The summed E-state index contributed by atoms with van der Waals surface area (Å²) in [5.74, 6) is -1.16. The van der Waals surface area contributed by atoms with E-state index in [2.05, 4.69) is 13.8 Å². The average Bonchev–Trinajstić information content (AvgIpc) is 2.71. The lowest BCUT2D eigenvalue weighted by atomic mass is 9.53. The molecule has 0 radical (unpaired) electrons. The van der Waals surface area contributed by atoms with Gasteiger partial charge in [0.25, 0.3) is 0 Å². The van der Waals surface area contributed by atoms with E-state index in [-0.39, 0.29) is 28.7 Å². The summed E-state index contributed by atoms with van der Waals surface area (Å²) in [6.07, 6.45) is 7.41. The molecule has 0 aliphatic heterocycles. The number of fused-ring (bicyclic) bond motifs is 4. The maximum atomic E-state index is 14.3. The molecule has 0 aromatic heterocycles. The molecule has 4 rings (SSSR count). The topological polar surface area (TPSA) is 66.5 Å². The van der Waals surface area contributed by atoms with E-state index >= 15 is 0 Å². The zero-order valence-corrected chi connectivity index (χ0v) is 14.1. The van der Waals surface area contributed by atoms with Crippen LogP contribution < -0.4 is 5.73 Å². The molecule has 0 bridgehead atoms. The van der Waals surface area contributed by atoms with Crippen LogP contribution in [-0.2, 0) is 0 Å². The number of nitrogens with two attached hydrogens (primary N) is 1. The Labute approximate surface area is 137 Å². The van der Waals surface area contributed by atoms with E-state index in [0.717, 1.165) is 25.7 Å². The second-order valence-corrected chi connectivity index (χ2v) is 8.77. The Hall–Kier alpha value is -0.710. The largest absolute Gasteiger partial charge is 0.362 e. The van der Waals surface area contributed by atoms with Crippen molar-refractivity contribution >= 4 is 0 Å². The van der Waals surface area contributed by atoms with Gasteiger partial charge in [-0.2, -0.15) is 0 Å². The van der Waals surface area contributed by atoms with Crippen molar-refractivity contribution in [2.75, 3.05) is 0 Å². The van der Waals surface area contributed by atoms with Gasteiger partial charge in [0.05, 0.1) is 0 Å². The molecule has 4 heteroatoms. The summed E-state index contributed by atoms with van der Waals surface area (Å²) in [5, 5.41) is 19.9. The molecule has 0 saturated heterocycles. The smallest absolute Gasteiger partial charge is 0.182 e. The SMILES string of the molecule is C[C@]12CCC3=C(CCC4CC(O)(O)C=C[C@]34C)[C@@H]1C[C@@H](F)[C@@H]2N. The van der Waals surface area contributed by atoms with E-state index in [1.165, 1.54) is 11.1 Å². The number of allylic oxidation sites excluding steroid dienone is 3. The van der Waals surface area contributed by atoms with Crippen LogP contribution in [0.1, 0.15) is 52.4 Å². The van der Waals surface area contributed by atoms with Crippen LogP contribution >= 0.6 is 0 Å². The molecule has 0 spiro atoms. The minimum atomic E-state index is -1.68. The highest BCUT2D eigenvalue weighted by atomic mass is 19.1. The standard InChI is InChI=1S/C19H28FNO2/c1-17-7-8-19(22,23)10-11(17)3-4-12-13(17)5-6-18(2)14(12)9-15(20)16(18)21/h7-8,11,14-16,22-23H,3-6,9-10,21H2,1-2H3/t11?,14-,15+,16-,17-,18-/m0/s1. The molecule has 4 aliphatic rings. The summed E-state index contributed by atoms with van der Waals surface area (Å²) < 4.78 is 14.3. The third-order valence-electron chi connectivity index (χ3n) is 7.63. The number of aliphatic hydroxyl groups is 2. The molecule has 0 amide bonds. The molecule has 4 aliphatic carbocycles. The van der Waals surface area contributed by atoms with Crippen molar-refractivity contribution in [3.05, 3.63) is 23.3 Å². The first kappa shape index (κ1) is 15.8. The molecule has 0 aromatic rings. The lowest BCUT2D eigenvalue weighted by molar-refractivity contribution is -0.146. The van der Waals surface area contributed by atoms with Crippen LogP contribution in [0.2, 0.25) is 0 Å². The summed E-state index contributed by atoms with van der Waals surface area (Å²) in [7, 11) is 0. The Morgan fingerprint density at radius 3 is 2.70 bits per heavy atom. The molecular formula is C19H28FNO2. The van der Waals surface area contributed by atoms with E-state index in [1.54, 1.807) is 6.08 Å². The van der Waals surface area contributed by atoms with E-state index in [1.807, 2.05) is 6.08 Å². The van der Waals surface area contributed by atoms with Gasteiger partial charge in [0, 0.05) is 17.9 Å². The third-order valence-corrected chi connectivity index (χ3v) is 7.63. The lowest BCUT2D eigenvalue weighted by Gasteiger charge is -2.53. The molecule has 0 aromatic carbocycles. The van der Waals surface area contributed by atoms with Gasteiger partial charge < -0.3 is 15.9 Å². The highest BCUT2D eigenvalue weighted by Gasteiger charge is 2.57. The first-order chi connectivity index (χ1) is 10.7. The Morgan fingerprint density at radius 1 is 1.22 bits per heavy atom. The number of halogens is 1. The summed E-state index contributed by atoms with van der Waals surface area (Å²) in [4.78, 5) is 0. The third kappa shape index (κ3) is 2.04. The fraction of sp³-hybridized carbons (Fsp3) is 0.789. The number of rotatable bonds is 0. The average molecular weight is 321 g/mol. The Kier molecular flexibility index (Phi) is 3.21. The van der Waals surface area contributed by atoms with Crippen LogP contribution in [0.15, 0.2) is 23.3 Å². The van der Waals surface area contributed by atoms with Crippen LogP contribution in [0.5, 0.6) is 0 Å². The van der Waals surface area contributed by atoms with Crippen LogP contribution in [0.3, 0.4) is 0 Å². The Morgan fingerprint density at radius 2 is 1.96 bits per heavy atom. The van der Waals surface area contributed by atoms with Crippen molar-refractivity contribution < 1.29 is 14.6 Å². The summed E-state index contributed by atoms with van der Waals surface area (Å²) in [6, 6.07) is -0.350. The van der Waals surface area contributed by atoms with Gasteiger partial charge in [0.2, 0.25) is 0 Å². The lowest BCUT2D eigenvalue weighted by Crippen LogP contribution is -2.48. The minimum Gasteiger partial charge on any atom is -0.362 e. The maximum absolute atomic E-state index is 14.3. The molecule has 0 heterocycles. The van der Waals surface area contributed by atoms with Crippen molar-refractivity contribution in [3.8, 4) is 0 Å². The zero-order valence-electron chi connectivity index (χ0n) is 14.1. The van der Waals surface area contributed by atoms with Crippen molar-refractivity contribution in [1.82, 2.24) is 0 Å². The summed E-state index contributed by atoms with van der Waals surface area (Å²) in [5.41, 5.74) is 8.86. The maximum Gasteiger partial charge on any atom is 0.182 e. The van der Waals surface area contributed by atoms with Gasteiger partial charge in [-0.3, -0.25) is 0 Å². The fourth-order valence-corrected chi connectivity index (χ4v) is 6.04. The predicted octanol–water partition coefficient (Wildman–Crippen LogP) is 2.83. The highest BCUT2D eigenvalue weighted by molar-refractivity contribution is 5.39. The monoisotopic (exact) mass is 321 g/mol. The van der Waals surface area contributed by atoms with Crippen molar-refractivity contribution in [2.45, 2.75) is 70.4 Å². The predicted molar refractivity (Wildman–Crippen MR) is 87.1 cm³/mol. The number of hydrogen-bond acceptors (Lipinski definition) is 3. The Bertz CT molecular complexity index is 598. The van der Waals surface area contributed by atoms with Crippen LogP contribution in [0.4, 0.5) is 4.39 Å². The molecule has 128 valence electrons.